The van der Waals surface area contributed by atoms with E-state index in [2.05, 4.69) is 15.2 Å². The lowest BCUT2D eigenvalue weighted by molar-refractivity contribution is -0.384. The Kier molecular flexibility index (Phi) is 4.36. The van der Waals surface area contributed by atoms with Crippen molar-refractivity contribution in [2.45, 2.75) is 6.54 Å². The first kappa shape index (κ1) is 16.6. The number of nitrogens with zero attached hydrogens (tertiary/aromatic N) is 4. The maximum absolute atomic E-state index is 13.8. The van der Waals surface area contributed by atoms with Gasteiger partial charge in [0.2, 0.25) is 0 Å². The van der Waals surface area contributed by atoms with Crippen LogP contribution in [0.4, 0.5) is 10.1 Å². The standard InChI is InChI=1S/C18H18FN5O2/c19-14-4-5-17-21-18(13-2-1-3-15(10-13)24(25)26)16(23(17)11-14)12-22-8-6-20-7-9-22/h1-5,10-11,20H,6-9,12H2. The average Bonchev–Trinajstić information content (AvgIpc) is 3.00. The highest BCUT2D eigenvalue weighted by molar-refractivity contribution is 5.68. The minimum atomic E-state index is -0.422. The highest BCUT2D eigenvalue weighted by Crippen LogP contribution is 2.28. The lowest BCUT2D eigenvalue weighted by atomic mass is 10.1. The van der Waals surface area contributed by atoms with Gasteiger partial charge in [0.25, 0.3) is 5.69 Å². The van der Waals surface area contributed by atoms with Crippen molar-refractivity contribution in [1.82, 2.24) is 19.6 Å². The molecule has 3 heterocycles. The van der Waals surface area contributed by atoms with Gasteiger partial charge in [-0.2, -0.15) is 0 Å². The van der Waals surface area contributed by atoms with Crippen LogP contribution in [-0.2, 0) is 6.54 Å². The molecule has 4 rings (SSSR count). The number of hydrogen-bond donors (Lipinski definition) is 1. The van der Waals surface area contributed by atoms with Crippen LogP contribution in [0.1, 0.15) is 5.69 Å². The molecule has 1 aliphatic heterocycles. The van der Waals surface area contributed by atoms with Crippen LogP contribution in [0, 0.1) is 15.9 Å². The normalized spacial score (nSPS) is 15.4. The molecule has 8 heteroatoms. The first-order chi connectivity index (χ1) is 12.6. The molecule has 1 aliphatic rings. The summed E-state index contributed by atoms with van der Waals surface area (Å²) in [5.74, 6) is -0.345. The zero-order valence-corrected chi connectivity index (χ0v) is 14.1. The second kappa shape index (κ2) is 6.81. The number of halogens is 1. The minimum absolute atomic E-state index is 0.0128. The van der Waals surface area contributed by atoms with Crippen molar-refractivity contribution in [3.8, 4) is 11.3 Å². The van der Waals surface area contributed by atoms with Crippen LogP contribution in [0.15, 0.2) is 42.6 Å². The molecule has 0 bridgehead atoms. The number of nitro benzene ring substituents is 1. The Morgan fingerprint density at radius 2 is 2.04 bits per heavy atom. The third-order valence-electron chi connectivity index (χ3n) is 4.59. The molecule has 0 radical (unpaired) electrons. The topological polar surface area (TPSA) is 75.7 Å². The molecule has 1 aromatic carbocycles. The monoisotopic (exact) mass is 355 g/mol. The molecule has 0 amide bonds. The predicted molar refractivity (Wildman–Crippen MR) is 95.4 cm³/mol. The van der Waals surface area contributed by atoms with Crippen LogP contribution in [-0.4, -0.2) is 45.4 Å². The summed E-state index contributed by atoms with van der Waals surface area (Å²) in [5.41, 5.74) is 2.78. The molecule has 1 N–H and O–H groups in total. The zero-order chi connectivity index (χ0) is 18.1. The number of fused-ring (bicyclic) bond motifs is 1. The van der Waals surface area contributed by atoms with Gasteiger partial charge in [-0.25, -0.2) is 9.37 Å². The van der Waals surface area contributed by atoms with E-state index in [9.17, 15) is 14.5 Å². The highest BCUT2D eigenvalue weighted by atomic mass is 19.1. The quantitative estimate of drug-likeness (QED) is 0.575. The second-order valence-corrected chi connectivity index (χ2v) is 6.32. The summed E-state index contributed by atoms with van der Waals surface area (Å²) in [4.78, 5) is 17.6. The Labute approximate surface area is 149 Å². The fraction of sp³-hybridized carbons (Fsp3) is 0.278. The highest BCUT2D eigenvalue weighted by Gasteiger charge is 2.20. The van der Waals surface area contributed by atoms with Crippen LogP contribution >= 0.6 is 0 Å². The number of imidazole rings is 1. The number of piperazine rings is 1. The van der Waals surface area contributed by atoms with E-state index in [1.807, 2.05) is 0 Å². The molecule has 0 aliphatic carbocycles. The number of nitrogens with one attached hydrogen (secondary N) is 1. The van der Waals surface area contributed by atoms with Gasteiger partial charge in [0.15, 0.2) is 0 Å². The molecule has 0 saturated carbocycles. The lowest BCUT2D eigenvalue weighted by Gasteiger charge is -2.27. The van der Waals surface area contributed by atoms with Crippen molar-refractivity contribution in [3.05, 3.63) is 64.2 Å². The molecule has 0 unspecified atom stereocenters. The van der Waals surface area contributed by atoms with Gasteiger partial charge in [0.05, 0.1) is 16.3 Å². The number of rotatable bonds is 4. The minimum Gasteiger partial charge on any atom is -0.314 e. The fourth-order valence-electron chi connectivity index (χ4n) is 3.30. The predicted octanol–water partition coefficient (Wildman–Crippen LogP) is 2.45. The van der Waals surface area contributed by atoms with E-state index in [0.717, 1.165) is 31.9 Å². The van der Waals surface area contributed by atoms with Gasteiger partial charge >= 0.3 is 0 Å². The van der Waals surface area contributed by atoms with Gasteiger partial charge in [-0.3, -0.25) is 19.4 Å². The molecule has 7 nitrogen and oxygen atoms in total. The van der Waals surface area contributed by atoms with Crippen molar-refractivity contribution >= 4 is 11.3 Å². The van der Waals surface area contributed by atoms with E-state index >= 15 is 0 Å². The SMILES string of the molecule is O=[N+]([O-])c1cccc(-c2nc3ccc(F)cn3c2CN2CCNCC2)c1. The molecular weight excluding hydrogens is 337 g/mol. The van der Waals surface area contributed by atoms with Gasteiger partial charge in [-0.15, -0.1) is 0 Å². The Balaban J connectivity index is 1.83. The molecule has 3 aromatic rings. The van der Waals surface area contributed by atoms with Crippen molar-refractivity contribution in [2.24, 2.45) is 0 Å². The fourth-order valence-corrected chi connectivity index (χ4v) is 3.30. The zero-order valence-electron chi connectivity index (χ0n) is 14.1. The number of pyridine rings is 1. The van der Waals surface area contributed by atoms with Crippen LogP contribution in [0.5, 0.6) is 0 Å². The Hall–Kier alpha value is -2.84. The van der Waals surface area contributed by atoms with Crippen LogP contribution in [0.3, 0.4) is 0 Å². The summed E-state index contributed by atoms with van der Waals surface area (Å²) in [6.07, 6.45) is 1.42. The van der Waals surface area contributed by atoms with Gasteiger partial charge in [-0.05, 0) is 12.1 Å². The van der Waals surface area contributed by atoms with Gasteiger partial charge < -0.3 is 5.32 Å². The maximum Gasteiger partial charge on any atom is 0.270 e. The van der Waals surface area contributed by atoms with E-state index in [1.165, 1.54) is 24.4 Å². The Morgan fingerprint density at radius 1 is 1.23 bits per heavy atom. The molecule has 0 atom stereocenters. The number of benzene rings is 1. The third-order valence-corrected chi connectivity index (χ3v) is 4.59. The summed E-state index contributed by atoms with van der Waals surface area (Å²) < 4.78 is 15.6. The van der Waals surface area contributed by atoms with Crippen LogP contribution < -0.4 is 5.32 Å². The van der Waals surface area contributed by atoms with Crippen molar-refractivity contribution in [3.63, 3.8) is 0 Å². The van der Waals surface area contributed by atoms with Crippen molar-refractivity contribution in [1.29, 1.82) is 0 Å². The van der Waals surface area contributed by atoms with Crippen LogP contribution in [0.2, 0.25) is 0 Å². The number of non-ortho nitro benzene ring substituents is 1. The smallest absolute Gasteiger partial charge is 0.270 e. The number of hydrogen-bond acceptors (Lipinski definition) is 5. The molecule has 1 saturated heterocycles. The first-order valence-electron chi connectivity index (χ1n) is 8.46. The van der Waals surface area contributed by atoms with Crippen molar-refractivity contribution < 1.29 is 9.31 Å². The summed E-state index contributed by atoms with van der Waals surface area (Å²) in [6, 6.07) is 9.40. The van der Waals surface area contributed by atoms with Gasteiger partial charge in [-0.1, -0.05) is 12.1 Å². The molecule has 0 spiro atoms. The first-order valence-corrected chi connectivity index (χ1v) is 8.46. The summed E-state index contributed by atoms with van der Waals surface area (Å²) >= 11 is 0. The van der Waals surface area contributed by atoms with Crippen LogP contribution in [0.25, 0.3) is 16.9 Å². The largest absolute Gasteiger partial charge is 0.314 e. The number of nitro groups is 1. The van der Waals surface area contributed by atoms with E-state index < -0.39 is 4.92 Å². The third kappa shape index (κ3) is 3.16. The molecule has 2 aromatic heterocycles. The Morgan fingerprint density at radius 3 is 2.81 bits per heavy atom. The summed E-state index contributed by atoms with van der Waals surface area (Å²) in [6.45, 7) is 4.17. The number of aromatic nitrogens is 2. The van der Waals surface area contributed by atoms with Gasteiger partial charge in [0, 0.05) is 56.6 Å². The van der Waals surface area contributed by atoms with Crippen molar-refractivity contribution in [2.75, 3.05) is 26.2 Å². The van der Waals surface area contributed by atoms with E-state index in [1.54, 1.807) is 22.6 Å². The molecule has 134 valence electrons. The van der Waals surface area contributed by atoms with Gasteiger partial charge in [0.1, 0.15) is 11.5 Å². The second-order valence-electron chi connectivity index (χ2n) is 6.32. The maximum atomic E-state index is 13.8. The Bertz CT molecular complexity index is 965. The molecular formula is C18H18FN5O2. The van der Waals surface area contributed by atoms with E-state index in [-0.39, 0.29) is 11.5 Å². The van der Waals surface area contributed by atoms with E-state index in [4.69, 9.17) is 0 Å². The molecule has 26 heavy (non-hydrogen) atoms. The lowest BCUT2D eigenvalue weighted by Crippen LogP contribution is -2.43. The summed E-state index contributed by atoms with van der Waals surface area (Å²) in [5, 5.41) is 14.4. The average molecular weight is 355 g/mol. The van der Waals surface area contributed by atoms with E-state index in [0.29, 0.717) is 23.4 Å². The molecule has 1 fully saturated rings. The summed E-state index contributed by atoms with van der Waals surface area (Å²) in [7, 11) is 0.